The van der Waals surface area contributed by atoms with Gasteiger partial charge in [0.25, 0.3) is 5.56 Å². The molecule has 1 amide bonds. The van der Waals surface area contributed by atoms with Crippen LogP contribution in [0.25, 0.3) is 11.3 Å². The van der Waals surface area contributed by atoms with Crippen LogP contribution in [0.15, 0.2) is 35.1 Å². The largest absolute Gasteiger partial charge is 0.454 e. The fraction of sp³-hybridized carbons (Fsp3) is 0.267. The summed E-state index contributed by atoms with van der Waals surface area (Å²) in [5.74, 6) is 0.123. The number of hydrogen-bond donors (Lipinski definition) is 1. The van der Waals surface area contributed by atoms with E-state index in [9.17, 15) is 22.8 Å². The van der Waals surface area contributed by atoms with E-state index in [2.05, 4.69) is 5.10 Å². The van der Waals surface area contributed by atoms with Gasteiger partial charge in [-0.15, -0.1) is 0 Å². The number of fused-ring (bicyclic) bond motifs is 1. The van der Waals surface area contributed by atoms with Gasteiger partial charge in [-0.2, -0.15) is 18.3 Å². The van der Waals surface area contributed by atoms with Crippen LogP contribution in [0.5, 0.6) is 11.5 Å². The van der Waals surface area contributed by atoms with E-state index in [4.69, 9.17) is 9.47 Å². The van der Waals surface area contributed by atoms with Crippen LogP contribution in [0.1, 0.15) is 0 Å². The summed E-state index contributed by atoms with van der Waals surface area (Å²) in [4.78, 5) is 23.3. The van der Waals surface area contributed by atoms with Crippen molar-refractivity contribution in [2.24, 2.45) is 0 Å². The monoisotopic (exact) mass is 355 g/mol. The molecule has 10 heteroatoms. The van der Waals surface area contributed by atoms with Crippen LogP contribution in [0, 0.1) is 0 Å². The third-order valence-electron chi connectivity index (χ3n) is 3.31. The van der Waals surface area contributed by atoms with Crippen molar-refractivity contribution < 1.29 is 27.4 Å². The number of benzene rings is 1. The molecule has 25 heavy (non-hydrogen) atoms. The lowest BCUT2D eigenvalue weighted by atomic mass is 10.1. The van der Waals surface area contributed by atoms with Gasteiger partial charge in [-0.25, -0.2) is 4.68 Å². The summed E-state index contributed by atoms with van der Waals surface area (Å²) in [6, 6.07) is 7.65. The lowest BCUT2D eigenvalue weighted by Crippen LogP contribution is -2.38. The van der Waals surface area contributed by atoms with Crippen molar-refractivity contribution in [1.82, 2.24) is 15.1 Å². The Labute approximate surface area is 139 Å². The van der Waals surface area contributed by atoms with Crippen molar-refractivity contribution in [2.45, 2.75) is 12.7 Å². The highest BCUT2D eigenvalue weighted by molar-refractivity contribution is 5.75. The molecule has 0 radical (unpaired) electrons. The molecule has 0 fully saturated rings. The van der Waals surface area contributed by atoms with Crippen molar-refractivity contribution in [3.05, 3.63) is 40.7 Å². The Morgan fingerprint density at radius 2 is 1.96 bits per heavy atom. The first-order valence-electron chi connectivity index (χ1n) is 7.13. The number of carbonyl (C=O) groups is 1. The molecule has 1 aliphatic rings. The summed E-state index contributed by atoms with van der Waals surface area (Å²) in [6.07, 6.45) is -4.53. The van der Waals surface area contributed by atoms with Gasteiger partial charge < -0.3 is 14.8 Å². The van der Waals surface area contributed by atoms with Gasteiger partial charge in [0.05, 0.1) is 5.69 Å². The molecule has 2 aromatic rings. The molecule has 1 aliphatic heterocycles. The first-order chi connectivity index (χ1) is 11.8. The van der Waals surface area contributed by atoms with E-state index in [1.165, 1.54) is 12.1 Å². The van der Waals surface area contributed by atoms with E-state index >= 15 is 0 Å². The molecule has 1 N–H and O–H groups in total. The highest BCUT2D eigenvalue weighted by Crippen LogP contribution is 2.35. The van der Waals surface area contributed by atoms with Crippen LogP contribution in [0.2, 0.25) is 0 Å². The first kappa shape index (κ1) is 16.8. The van der Waals surface area contributed by atoms with Gasteiger partial charge in [-0.3, -0.25) is 9.59 Å². The molecule has 0 atom stereocenters. The lowest BCUT2D eigenvalue weighted by Gasteiger charge is -2.10. The van der Waals surface area contributed by atoms with E-state index in [0.717, 1.165) is 4.68 Å². The minimum absolute atomic E-state index is 0.102. The van der Waals surface area contributed by atoms with Crippen molar-refractivity contribution in [3.63, 3.8) is 0 Å². The normalized spacial score (nSPS) is 12.9. The molecule has 2 heterocycles. The molecule has 0 spiro atoms. The van der Waals surface area contributed by atoms with E-state index in [1.54, 1.807) is 23.5 Å². The summed E-state index contributed by atoms with van der Waals surface area (Å²) in [6.45, 7) is -1.99. The Hall–Kier alpha value is -3.04. The van der Waals surface area contributed by atoms with E-state index < -0.39 is 30.7 Å². The predicted octanol–water partition coefficient (Wildman–Crippen LogP) is 1.32. The number of ether oxygens (including phenoxy) is 2. The number of aromatic nitrogens is 2. The number of halogens is 3. The Bertz CT molecular complexity index is 864. The summed E-state index contributed by atoms with van der Waals surface area (Å²) >= 11 is 0. The van der Waals surface area contributed by atoms with Crippen LogP contribution in [0.4, 0.5) is 13.2 Å². The topological polar surface area (TPSA) is 82.5 Å². The van der Waals surface area contributed by atoms with Gasteiger partial charge in [-0.05, 0) is 24.3 Å². The number of amides is 1. The highest BCUT2D eigenvalue weighted by Gasteiger charge is 2.27. The number of nitrogens with zero attached hydrogens (tertiary/aromatic N) is 2. The molecular weight excluding hydrogens is 343 g/mol. The summed E-state index contributed by atoms with van der Waals surface area (Å²) in [5.41, 5.74) is 0.363. The van der Waals surface area contributed by atoms with E-state index in [-0.39, 0.29) is 6.79 Å². The van der Waals surface area contributed by atoms with Gasteiger partial charge in [0.15, 0.2) is 11.5 Å². The van der Waals surface area contributed by atoms with Crippen molar-refractivity contribution in [1.29, 1.82) is 0 Å². The van der Waals surface area contributed by atoms with Gasteiger partial charge in [0, 0.05) is 11.6 Å². The zero-order valence-corrected chi connectivity index (χ0v) is 12.7. The zero-order valence-electron chi connectivity index (χ0n) is 12.7. The second kappa shape index (κ2) is 6.46. The third-order valence-corrected chi connectivity index (χ3v) is 3.31. The summed E-state index contributed by atoms with van der Waals surface area (Å²) in [7, 11) is 0. The SMILES string of the molecule is O=C(Cn1nc(-c2ccc3c(c2)OCO3)ccc1=O)NCC(F)(F)F. The molecule has 0 unspecified atom stereocenters. The molecule has 3 rings (SSSR count). The Morgan fingerprint density at radius 3 is 2.72 bits per heavy atom. The number of nitrogens with one attached hydrogen (secondary N) is 1. The summed E-state index contributed by atoms with van der Waals surface area (Å²) in [5, 5.41) is 5.71. The van der Waals surface area contributed by atoms with Gasteiger partial charge in [0.1, 0.15) is 13.1 Å². The average molecular weight is 355 g/mol. The van der Waals surface area contributed by atoms with Gasteiger partial charge >= 0.3 is 6.18 Å². The fourth-order valence-electron chi connectivity index (χ4n) is 2.16. The van der Waals surface area contributed by atoms with Crippen molar-refractivity contribution >= 4 is 5.91 Å². The Kier molecular flexibility index (Phi) is 4.34. The molecule has 132 valence electrons. The molecule has 0 saturated carbocycles. The first-order valence-corrected chi connectivity index (χ1v) is 7.13. The van der Waals surface area contributed by atoms with Crippen LogP contribution in [-0.2, 0) is 11.3 Å². The number of hydrogen-bond acceptors (Lipinski definition) is 5. The average Bonchev–Trinajstić information content (AvgIpc) is 3.02. The zero-order chi connectivity index (χ0) is 18.0. The van der Waals surface area contributed by atoms with E-state index in [1.807, 2.05) is 0 Å². The quantitative estimate of drug-likeness (QED) is 0.894. The minimum Gasteiger partial charge on any atom is -0.454 e. The van der Waals surface area contributed by atoms with E-state index in [0.29, 0.717) is 22.8 Å². The highest BCUT2D eigenvalue weighted by atomic mass is 19.4. The smallest absolute Gasteiger partial charge is 0.405 e. The predicted molar refractivity (Wildman–Crippen MR) is 79.1 cm³/mol. The van der Waals surface area contributed by atoms with Crippen LogP contribution in [0.3, 0.4) is 0 Å². The minimum atomic E-state index is -4.53. The standard InChI is InChI=1S/C15H12F3N3O4/c16-15(17,18)7-19-13(22)6-21-14(23)4-2-10(20-21)9-1-3-11-12(5-9)25-8-24-11/h1-5H,6-8H2,(H,19,22). The molecule has 0 aliphatic carbocycles. The molecule has 1 aromatic carbocycles. The second-order valence-corrected chi connectivity index (χ2v) is 5.17. The van der Waals surface area contributed by atoms with Gasteiger partial charge in [-0.1, -0.05) is 0 Å². The second-order valence-electron chi connectivity index (χ2n) is 5.17. The Morgan fingerprint density at radius 1 is 1.20 bits per heavy atom. The molecular formula is C15H12F3N3O4. The molecule has 0 saturated heterocycles. The lowest BCUT2D eigenvalue weighted by molar-refractivity contribution is -0.138. The van der Waals surface area contributed by atoms with Crippen LogP contribution in [-0.4, -0.2) is 35.2 Å². The van der Waals surface area contributed by atoms with Crippen molar-refractivity contribution in [2.75, 3.05) is 13.3 Å². The van der Waals surface area contributed by atoms with Crippen LogP contribution >= 0.6 is 0 Å². The fourth-order valence-corrected chi connectivity index (χ4v) is 2.16. The Balaban J connectivity index is 1.79. The molecule has 7 nitrogen and oxygen atoms in total. The van der Waals surface area contributed by atoms with Crippen molar-refractivity contribution in [3.8, 4) is 22.8 Å². The van der Waals surface area contributed by atoms with Gasteiger partial charge in [0.2, 0.25) is 12.7 Å². The third kappa shape index (κ3) is 4.08. The molecule has 0 bridgehead atoms. The molecule has 1 aromatic heterocycles. The number of alkyl halides is 3. The number of rotatable bonds is 4. The van der Waals surface area contributed by atoms with Crippen LogP contribution < -0.4 is 20.3 Å². The maximum atomic E-state index is 12.1. The summed E-state index contributed by atoms with van der Waals surface area (Å²) < 4.78 is 47.6. The maximum Gasteiger partial charge on any atom is 0.405 e. The number of carbonyl (C=O) groups excluding carboxylic acids is 1. The maximum absolute atomic E-state index is 12.1.